The van der Waals surface area contributed by atoms with Crippen LogP contribution in [0.4, 0.5) is 5.69 Å². The van der Waals surface area contributed by atoms with Crippen LogP contribution < -0.4 is 20.9 Å². The smallest absolute Gasteiger partial charge is 0.239 e. The molecular formula is C18H28N4O3S. The van der Waals surface area contributed by atoms with Crippen molar-refractivity contribution in [3.8, 4) is 5.75 Å². The van der Waals surface area contributed by atoms with E-state index in [1.165, 1.54) is 0 Å². The summed E-state index contributed by atoms with van der Waals surface area (Å²) in [6.07, 6.45) is 0.801. The van der Waals surface area contributed by atoms with Gasteiger partial charge >= 0.3 is 0 Å². The van der Waals surface area contributed by atoms with Crippen LogP contribution >= 0.6 is 12.2 Å². The minimum Gasteiger partial charge on any atom is -0.494 e. The highest BCUT2D eigenvalue weighted by molar-refractivity contribution is 7.80. The zero-order valence-electron chi connectivity index (χ0n) is 15.6. The highest BCUT2D eigenvalue weighted by Gasteiger charge is 2.22. The number of anilines is 1. The maximum absolute atomic E-state index is 12.0. The van der Waals surface area contributed by atoms with Crippen LogP contribution in [0.3, 0.4) is 0 Å². The number of hydrazine groups is 1. The summed E-state index contributed by atoms with van der Waals surface area (Å²) in [7, 11) is 0. The minimum atomic E-state index is -0.104. The Balaban J connectivity index is 1.65. The summed E-state index contributed by atoms with van der Waals surface area (Å²) in [5.41, 5.74) is 6.16. The Bertz CT molecular complexity index is 587. The van der Waals surface area contributed by atoms with Gasteiger partial charge in [0.05, 0.1) is 18.8 Å². The van der Waals surface area contributed by atoms with E-state index < -0.39 is 0 Å². The van der Waals surface area contributed by atoms with Crippen LogP contribution in [0.15, 0.2) is 24.3 Å². The summed E-state index contributed by atoms with van der Waals surface area (Å²) in [4.78, 5) is 14.2. The van der Waals surface area contributed by atoms with E-state index >= 15 is 0 Å². The zero-order valence-corrected chi connectivity index (χ0v) is 16.4. The van der Waals surface area contributed by atoms with Crippen molar-refractivity contribution in [2.75, 3.05) is 31.6 Å². The molecule has 1 aromatic carbocycles. The second kappa shape index (κ2) is 10.3. The SMILES string of the molecule is CCOc1ccc(NC(=S)NNC(=O)CCN2C[C@H](C)O[C@@H](C)C2)cc1. The highest BCUT2D eigenvalue weighted by Crippen LogP contribution is 2.15. The van der Waals surface area contributed by atoms with Crippen LogP contribution in [0, 0.1) is 0 Å². The number of rotatable bonds is 6. The average molecular weight is 381 g/mol. The van der Waals surface area contributed by atoms with Gasteiger partial charge in [-0.15, -0.1) is 0 Å². The standard InChI is InChI=1S/C18H28N4O3S/c1-4-24-16-7-5-15(6-8-16)19-18(26)21-20-17(23)9-10-22-11-13(2)25-14(3)12-22/h5-8,13-14H,4,9-12H2,1-3H3,(H,20,23)(H2,19,21,26)/t13-,14-/m0/s1. The number of thiocarbonyl (C=S) groups is 1. The van der Waals surface area contributed by atoms with Crippen LogP contribution in [0.5, 0.6) is 5.75 Å². The van der Waals surface area contributed by atoms with Gasteiger partial charge in [-0.3, -0.25) is 20.5 Å². The number of hydrogen-bond acceptors (Lipinski definition) is 5. The first-order valence-electron chi connectivity index (χ1n) is 8.92. The number of hydrogen-bond donors (Lipinski definition) is 3. The van der Waals surface area contributed by atoms with Crippen molar-refractivity contribution in [3.05, 3.63) is 24.3 Å². The molecule has 0 unspecified atom stereocenters. The Labute approximate surface area is 160 Å². The summed E-state index contributed by atoms with van der Waals surface area (Å²) in [6, 6.07) is 7.44. The lowest BCUT2D eigenvalue weighted by Crippen LogP contribution is -2.48. The molecule has 1 aromatic rings. The normalized spacial score (nSPS) is 20.3. The lowest BCUT2D eigenvalue weighted by Gasteiger charge is -2.35. The topological polar surface area (TPSA) is 74.9 Å². The monoisotopic (exact) mass is 380 g/mol. The molecule has 1 aliphatic heterocycles. The zero-order chi connectivity index (χ0) is 18.9. The van der Waals surface area contributed by atoms with Crippen molar-refractivity contribution in [1.29, 1.82) is 0 Å². The molecular weight excluding hydrogens is 352 g/mol. The molecule has 0 bridgehead atoms. The molecule has 2 rings (SSSR count). The fraction of sp³-hybridized carbons (Fsp3) is 0.556. The van der Waals surface area contributed by atoms with E-state index in [4.69, 9.17) is 21.7 Å². The fourth-order valence-electron chi connectivity index (χ4n) is 2.88. The van der Waals surface area contributed by atoms with Crippen molar-refractivity contribution in [3.63, 3.8) is 0 Å². The quantitative estimate of drug-likeness (QED) is 0.514. The number of amides is 1. The second-order valence-corrected chi connectivity index (χ2v) is 6.76. The summed E-state index contributed by atoms with van der Waals surface area (Å²) in [5.74, 6) is 0.699. The molecule has 0 saturated carbocycles. The van der Waals surface area contributed by atoms with Crippen molar-refractivity contribution in [1.82, 2.24) is 15.8 Å². The molecule has 7 nitrogen and oxygen atoms in total. The first-order chi connectivity index (χ1) is 12.5. The number of carbonyl (C=O) groups is 1. The van der Waals surface area contributed by atoms with E-state index in [2.05, 4.69) is 34.9 Å². The summed E-state index contributed by atoms with van der Waals surface area (Å²) < 4.78 is 11.1. The minimum absolute atomic E-state index is 0.104. The molecule has 8 heteroatoms. The van der Waals surface area contributed by atoms with E-state index in [0.29, 0.717) is 24.7 Å². The lowest BCUT2D eigenvalue weighted by molar-refractivity contribution is -0.123. The van der Waals surface area contributed by atoms with Crippen LogP contribution in [-0.2, 0) is 9.53 Å². The largest absolute Gasteiger partial charge is 0.494 e. The molecule has 0 spiro atoms. The number of benzene rings is 1. The third-order valence-electron chi connectivity index (χ3n) is 3.89. The molecule has 26 heavy (non-hydrogen) atoms. The van der Waals surface area contributed by atoms with Crippen molar-refractivity contribution < 1.29 is 14.3 Å². The second-order valence-electron chi connectivity index (χ2n) is 6.35. The first-order valence-corrected chi connectivity index (χ1v) is 9.33. The summed E-state index contributed by atoms with van der Waals surface area (Å²) in [5, 5.41) is 3.34. The lowest BCUT2D eigenvalue weighted by atomic mass is 10.2. The van der Waals surface area contributed by atoms with Crippen molar-refractivity contribution >= 4 is 28.9 Å². The third kappa shape index (κ3) is 7.15. The number of nitrogens with one attached hydrogen (secondary N) is 3. The molecule has 0 aliphatic carbocycles. The van der Waals surface area contributed by atoms with Gasteiger partial charge in [-0.25, -0.2) is 0 Å². The van der Waals surface area contributed by atoms with Gasteiger partial charge in [0.15, 0.2) is 5.11 Å². The third-order valence-corrected chi connectivity index (χ3v) is 4.09. The van der Waals surface area contributed by atoms with Gasteiger partial charge in [0, 0.05) is 31.7 Å². The first kappa shape index (κ1) is 20.4. The van der Waals surface area contributed by atoms with Gasteiger partial charge < -0.3 is 14.8 Å². The van der Waals surface area contributed by atoms with E-state index in [9.17, 15) is 4.79 Å². The van der Waals surface area contributed by atoms with Crippen molar-refractivity contribution in [2.24, 2.45) is 0 Å². The molecule has 2 atom stereocenters. The molecule has 0 aromatic heterocycles. The van der Waals surface area contributed by atoms with E-state index in [0.717, 1.165) is 24.5 Å². The van der Waals surface area contributed by atoms with Gasteiger partial charge in [-0.05, 0) is 57.3 Å². The van der Waals surface area contributed by atoms with Crippen molar-refractivity contribution in [2.45, 2.75) is 39.4 Å². The van der Waals surface area contributed by atoms with Gasteiger partial charge in [-0.1, -0.05) is 0 Å². The number of morpholine rings is 1. The fourth-order valence-corrected chi connectivity index (χ4v) is 3.05. The molecule has 1 heterocycles. The predicted molar refractivity (Wildman–Crippen MR) is 106 cm³/mol. The Kier molecular flexibility index (Phi) is 8.08. The van der Waals surface area contributed by atoms with Crippen LogP contribution in [-0.4, -0.2) is 54.4 Å². The van der Waals surface area contributed by atoms with E-state index in [-0.39, 0.29) is 18.1 Å². The van der Waals surface area contributed by atoms with E-state index in [1.807, 2.05) is 31.2 Å². The van der Waals surface area contributed by atoms with E-state index in [1.54, 1.807) is 0 Å². The molecule has 144 valence electrons. The number of ether oxygens (including phenoxy) is 2. The summed E-state index contributed by atoms with van der Waals surface area (Å²) >= 11 is 5.18. The maximum atomic E-state index is 12.0. The van der Waals surface area contributed by atoms with Gasteiger partial charge in [0.2, 0.25) is 5.91 Å². The van der Waals surface area contributed by atoms with Gasteiger partial charge in [0.25, 0.3) is 0 Å². The Morgan fingerprint density at radius 2 is 1.88 bits per heavy atom. The van der Waals surface area contributed by atoms with Crippen LogP contribution in [0.2, 0.25) is 0 Å². The Morgan fingerprint density at radius 1 is 1.23 bits per heavy atom. The summed E-state index contributed by atoms with van der Waals surface area (Å²) in [6.45, 7) is 9.07. The molecule has 1 amide bonds. The van der Waals surface area contributed by atoms with Crippen LogP contribution in [0.25, 0.3) is 0 Å². The molecule has 0 radical (unpaired) electrons. The highest BCUT2D eigenvalue weighted by atomic mass is 32.1. The van der Waals surface area contributed by atoms with Gasteiger partial charge in [0.1, 0.15) is 5.75 Å². The Hall–Kier alpha value is -1.90. The number of nitrogens with zero attached hydrogens (tertiary/aromatic N) is 1. The molecule has 1 fully saturated rings. The van der Waals surface area contributed by atoms with Gasteiger partial charge in [-0.2, -0.15) is 0 Å². The average Bonchev–Trinajstić information content (AvgIpc) is 2.59. The Morgan fingerprint density at radius 3 is 2.50 bits per heavy atom. The molecule has 1 aliphatic rings. The predicted octanol–water partition coefficient (Wildman–Crippen LogP) is 1.90. The molecule has 1 saturated heterocycles. The molecule has 3 N–H and O–H groups in total. The maximum Gasteiger partial charge on any atom is 0.239 e. The number of carbonyl (C=O) groups excluding carboxylic acids is 1. The van der Waals surface area contributed by atoms with Crippen LogP contribution in [0.1, 0.15) is 27.2 Å².